The first-order valence-electron chi connectivity index (χ1n) is 6.96. The van der Waals surface area contributed by atoms with Crippen LogP contribution in [0.15, 0.2) is 35.9 Å². The van der Waals surface area contributed by atoms with Crippen molar-refractivity contribution in [1.82, 2.24) is 4.90 Å². The molecule has 0 N–H and O–H groups in total. The fourth-order valence-corrected chi connectivity index (χ4v) is 2.98. The van der Waals surface area contributed by atoms with Gasteiger partial charge in [-0.25, -0.2) is 0 Å². The van der Waals surface area contributed by atoms with E-state index in [0.29, 0.717) is 0 Å². The fraction of sp³-hybridized carbons (Fsp3) is 0.294. The predicted octanol–water partition coefficient (Wildman–Crippen LogP) is 3.33. The van der Waals surface area contributed by atoms with E-state index in [4.69, 9.17) is 10.5 Å². The zero-order chi connectivity index (χ0) is 13.9. The van der Waals surface area contributed by atoms with Crippen molar-refractivity contribution in [3.8, 4) is 12.1 Å². The molecule has 2 aliphatic rings. The lowest BCUT2D eigenvalue weighted by Gasteiger charge is -2.30. The lowest BCUT2D eigenvalue weighted by Crippen LogP contribution is -2.27. The molecule has 1 aliphatic carbocycles. The molecule has 0 aromatic heterocycles. The number of nitriles is 2. The van der Waals surface area contributed by atoms with Crippen LogP contribution in [0.2, 0.25) is 0 Å². The van der Waals surface area contributed by atoms with E-state index in [1.807, 2.05) is 36.4 Å². The Morgan fingerprint density at radius 3 is 2.25 bits per heavy atom. The molecule has 0 saturated carbocycles. The van der Waals surface area contributed by atoms with E-state index in [9.17, 15) is 0 Å². The summed E-state index contributed by atoms with van der Waals surface area (Å²) in [5, 5.41) is 18.3. The highest BCUT2D eigenvalue weighted by Gasteiger charge is 2.25. The zero-order valence-corrected chi connectivity index (χ0v) is 11.3. The van der Waals surface area contributed by atoms with Crippen LogP contribution in [0.5, 0.6) is 0 Å². The summed E-state index contributed by atoms with van der Waals surface area (Å²) in [7, 11) is 0. The molecule has 1 aliphatic heterocycles. The Balaban J connectivity index is 2.12. The molecule has 0 bridgehead atoms. The molecule has 20 heavy (non-hydrogen) atoms. The summed E-state index contributed by atoms with van der Waals surface area (Å²) in [6, 6.07) is 12.1. The van der Waals surface area contributed by atoms with Gasteiger partial charge in [0.25, 0.3) is 0 Å². The molecule has 98 valence electrons. The van der Waals surface area contributed by atoms with Gasteiger partial charge in [-0.1, -0.05) is 24.3 Å². The summed E-state index contributed by atoms with van der Waals surface area (Å²) < 4.78 is 0. The fourth-order valence-electron chi connectivity index (χ4n) is 2.98. The molecule has 0 spiro atoms. The minimum absolute atomic E-state index is 0.199. The number of hydrogen-bond acceptors (Lipinski definition) is 3. The summed E-state index contributed by atoms with van der Waals surface area (Å²) in [4.78, 5) is 2.38. The Morgan fingerprint density at radius 2 is 1.60 bits per heavy atom. The van der Waals surface area contributed by atoms with Gasteiger partial charge in [-0.15, -0.1) is 0 Å². The quantitative estimate of drug-likeness (QED) is 0.729. The van der Waals surface area contributed by atoms with Gasteiger partial charge in [0.2, 0.25) is 0 Å². The molecule has 1 fully saturated rings. The molecule has 0 radical (unpaired) electrons. The average Bonchev–Trinajstić information content (AvgIpc) is 2.90. The van der Waals surface area contributed by atoms with Gasteiger partial charge in [0.15, 0.2) is 0 Å². The van der Waals surface area contributed by atoms with Crippen molar-refractivity contribution in [2.75, 3.05) is 13.1 Å². The van der Waals surface area contributed by atoms with Gasteiger partial charge in [0.05, 0.1) is 0 Å². The van der Waals surface area contributed by atoms with Crippen molar-refractivity contribution in [2.24, 2.45) is 0 Å². The summed E-state index contributed by atoms with van der Waals surface area (Å²) in [5.41, 5.74) is 4.28. The van der Waals surface area contributed by atoms with Crippen LogP contribution in [0.1, 0.15) is 30.4 Å². The zero-order valence-electron chi connectivity index (χ0n) is 11.3. The summed E-state index contributed by atoms with van der Waals surface area (Å²) >= 11 is 0. The van der Waals surface area contributed by atoms with Crippen LogP contribution < -0.4 is 0 Å². The number of hydrogen-bond donors (Lipinski definition) is 0. The molecular formula is C17H15N3. The highest BCUT2D eigenvalue weighted by Crippen LogP contribution is 2.39. The maximum atomic E-state index is 9.14. The van der Waals surface area contributed by atoms with Crippen molar-refractivity contribution in [3.05, 3.63) is 47.0 Å². The van der Waals surface area contributed by atoms with Gasteiger partial charge in [-0.3, -0.25) is 0 Å². The molecule has 0 unspecified atom stereocenters. The molecular weight excluding hydrogens is 246 g/mol. The lowest BCUT2D eigenvalue weighted by molar-refractivity contribution is 0.326. The highest BCUT2D eigenvalue weighted by atomic mass is 15.1. The van der Waals surface area contributed by atoms with E-state index in [-0.39, 0.29) is 5.57 Å². The second-order valence-corrected chi connectivity index (χ2v) is 5.14. The van der Waals surface area contributed by atoms with Crippen molar-refractivity contribution < 1.29 is 0 Å². The minimum atomic E-state index is 0.199. The molecule has 3 heteroatoms. The first-order valence-corrected chi connectivity index (χ1v) is 6.96. The van der Waals surface area contributed by atoms with Crippen molar-refractivity contribution in [1.29, 1.82) is 10.5 Å². The predicted molar refractivity (Wildman–Crippen MR) is 78.0 cm³/mol. The van der Waals surface area contributed by atoms with E-state index >= 15 is 0 Å². The van der Waals surface area contributed by atoms with E-state index in [0.717, 1.165) is 29.8 Å². The SMILES string of the molecule is N#CC(C#N)=C1C=C(N2CCCCC2)c2ccccc21. The molecule has 1 aromatic carbocycles. The van der Waals surface area contributed by atoms with Gasteiger partial charge in [-0.2, -0.15) is 10.5 Å². The van der Waals surface area contributed by atoms with Crippen molar-refractivity contribution >= 4 is 11.3 Å². The maximum Gasteiger partial charge on any atom is 0.137 e. The van der Waals surface area contributed by atoms with Crippen LogP contribution in [0.25, 0.3) is 11.3 Å². The van der Waals surface area contributed by atoms with Crippen LogP contribution in [-0.4, -0.2) is 18.0 Å². The third kappa shape index (κ3) is 1.98. The van der Waals surface area contributed by atoms with Crippen LogP contribution in [0.3, 0.4) is 0 Å². The maximum absolute atomic E-state index is 9.14. The smallest absolute Gasteiger partial charge is 0.137 e. The lowest BCUT2D eigenvalue weighted by atomic mass is 10.0. The number of rotatable bonds is 1. The molecule has 1 heterocycles. The average molecular weight is 261 g/mol. The first-order chi connectivity index (χ1) is 9.85. The minimum Gasteiger partial charge on any atom is -0.371 e. The largest absolute Gasteiger partial charge is 0.371 e. The van der Waals surface area contributed by atoms with Gasteiger partial charge in [0.1, 0.15) is 17.7 Å². The topological polar surface area (TPSA) is 50.8 Å². The third-order valence-corrected chi connectivity index (χ3v) is 3.96. The second kappa shape index (κ2) is 5.23. The summed E-state index contributed by atoms with van der Waals surface area (Å²) in [5.74, 6) is 0. The molecule has 3 nitrogen and oxygen atoms in total. The number of benzene rings is 1. The van der Waals surface area contributed by atoms with Crippen LogP contribution in [0.4, 0.5) is 0 Å². The van der Waals surface area contributed by atoms with Gasteiger partial charge in [-0.05, 0) is 30.9 Å². The van der Waals surface area contributed by atoms with E-state index < -0.39 is 0 Å². The number of piperidine rings is 1. The van der Waals surface area contributed by atoms with Gasteiger partial charge < -0.3 is 4.90 Å². The van der Waals surface area contributed by atoms with Crippen LogP contribution in [-0.2, 0) is 0 Å². The highest BCUT2D eigenvalue weighted by molar-refractivity contribution is 5.98. The Hall–Kier alpha value is -2.52. The molecule has 1 saturated heterocycles. The number of fused-ring (bicyclic) bond motifs is 1. The summed E-state index contributed by atoms with van der Waals surface area (Å²) in [6.07, 6.45) is 5.72. The first kappa shape index (κ1) is 12.5. The van der Waals surface area contributed by atoms with Gasteiger partial charge >= 0.3 is 0 Å². The molecule has 0 amide bonds. The van der Waals surface area contributed by atoms with E-state index in [2.05, 4.69) is 11.0 Å². The van der Waals surface area contributed by atoms with Gasteiger partial charge in [0, 0.05) is 29.9 Å². The van der Waals surface area contributed by atoms with Crippen molar-refractivity contribution in [2.45, 2.75) is 19.3 Å². The Labute approximate surface area is 119 Å². The Morgan fingerprint density at radius 1 is 0.950 bits per heavy atom. The normalized spacial score (nSPS) is 17.0. The van der Waals surface area contributed by atoms with Crippen molar-refractivity contribution in [3.63, 3.8) is 0 Å². The Kier molecular flexibility index (Phi) is 3.27. The number of nitrogens with zero attached hydrogens (tertiary/aromatic N) is 3. The monoisotopic (exact) mass is 261 g/mol. The summed E-state index contributed by atoms with van der Waals surface area (Å²) in [6.45, 7) is 2.11. The molecule has 3 rings (SSSR count). The van der Waals surface area contributed by atoms with Crippen LogP contribution >= 0.6 is 0 Å². The standard InChI is InChI=1S/C17H15N3/c18-11-13(12-19)16-10-17(20-8-4-1-5-9-20)15-7-3-2-6-14(15)16/h2-3,6-7,10H,1,4-5,8-9H2. The number of likely N-dealkylation sites (tertiary alicyclic amines) is 1. The van der Waals surface area contributed by atoms with E-state index in [1.165, 1.54) is 25.0 Å². The third-order valence-electron chi connectivity index (χ3n) is 3.96. The molecule has 0 atom stereocenters. The number of allylic oxidation sites excluding steroid dienone is 3. The van der Waals surface area contributed by atoms with Crippen LogP contribution in [0, 0.1) is 22.7 Å². The molecule has 1 aromatic rings. The Bertz CT molecular complexity index is 661. The second-order valence-electron chi connectivity index (χ2n) is 5.14. The van der Waals surface area contributed by atoms with E-state index in [1.54, 1.807) is 0 Å².